The molecule has 1 atom stereocenters. The predicted molar refractivity (Wildman–Crippen MR) is 150 cm³/mol. The van der Waals surface area contributed by atoms with Crippen LogP contribution in [0.5, 0.6) is 0 Å². The highest BCUT2D eigenvalue weighted by molar-refractivity contribution is 7.93. The topological polar surface area (TPSA) is 191 Å². The van der Waals surface area contributed by atoms with Crippen molar-refractivity contribution in [1.29, 1.82) is 0 Å². The molecule has 1 saturated heterocycles. The summed E-state index contributed by atoms with van der Waals surface area (Å²) in [5, 5.41) is 33.4. The number of non-ortho nitro benzene ring substituents is 2. The Bertz CT molecular complexity index is 1920. The van der Waals surface area contributed by atoms with Crippen LogP contribution in [0.1, 0.15) is 22.7 Å². The number of aliphatic hydroxyl groups excluding tert-OH is 1. The van der Waals surface area contributed by atoms with Crippen LogP contribution in [0.4, 0.5) is 16.5 Å². The minimum atomic E-state index is -4.24. The van der Waals surface area contributed by atoms with E-state index in [2.05, 4.69) is 4.98 Å². The van der Waals surface area contributed by atoms with Crippen molar-refractivity contribution < 1.29 is 33.0 Å². The van der Waals surface area contributed by atoms with Gasteiger partial charge in [0.25, 0.3) is 17.2 Å². The Hall–Kier alpha value is -5.28. The number of carbonyl (C=O) groups excluding carboxylic acids is 2. The molecule has 1 amide bonds. The maximum absolute atomic E-state index is 13.4. The number of Topliss-reactive ketones (excluding diaryl/α,β-unsaturated/α-hetero) is 1. The molecule has 15 heteroatoms. The molecule has 4 aromatic rings. The molecule has 1 unspecified atom stereocenters. The van der Waals surface area contributed by atoms with Crippen molar-refractivity contribution in [3.8, 4) is 0 Å². The van der Waals surface area contributed by atoms with Crippen LogP contribution in [-0.4, -0.2) is 40.0 Å². The van der Waals surface area contributed by atoms with Gasteiger partial charge in [0.15, 0.2) is 5.13 Å². The second-order valence-electron chi connectivity index (χ2n) is 9.10. The molecule has 1 aliphatic rings. The number of thiazole rings is 1. The third kappa shape index (κ3) is 4.90. The summed E-state index contributed by atoms with van der Waals surface area (Å²) in [6.07, 6.45) is 0.973. The summed E-state index contributed by atoms with van der Waals surface area (Å²) in [6.45, 7) is 1.82. The van der Waals surface area contributed by atoms with Gasteiger partial charge in [0.2, 0.25) is 9.84 Å². The number of nitro benzene ring substituents is 2. The minimum Gasteiger partial charge on any atom is -0.507 e. The number of aryl methyl sites for hydroxylation is 1. The molecule has 0 spiro atoms. The van der Waals surface area contributed by atoms with Crippen LogP contribution in [0.25, 0.3) is 5.76 Å². The molecule has 13 nitrogen and oxygen atoms in total. The van der Waals surface area contributed by atoms with Crippen LogP contribution in [-0.2, 0) is 19.4 Å². The van der Waals surface area contributed by atoms with E-state index in [9.17, 15) is 43.3 Å². The molecule has 0 saturated carbocycles. The maximum Gasteiger partial charge on any atom is 0.301 e. The van der Waals surface area contributed by atoms with Crippen LogP contribution in [0.15, 0.2) is 93.7 Å². The first-order valence-corrected chi connectivity index (χ1v) is 14.3. The third-order valence-electron chi connectivity index (χ3n) is 6.47. The molecular formula is C27H18N4O9S2. The van der Waals surface area contributed by atoms with Gasteiger partial charge in [0.1, 0.15) is 9.97 Å². The van der Waals surface area contributed by atoms with Gasteiger partial charge in [-0.2, -0.15) is 0 Å². The first-order valence-electron chi connectivity index (χ1n) is 12.0. The molecule has 3 aromatic carbocycles. The Morgan fingerprint density at radius 2 is 1.60 bits per heavy atom. The first-order chi connectivity index (χ1) is 19.9. The van der Waals surface area contributed by atoms with Gasteiger partial charge >= 0.3 is 5.91 Å². The largest absolute Gasteiger partial charge is 0.507 e. The fourth-order valence-electron chi connectivity index (χ4n) is 4.37. The van der Waals surface area contributed by atoms with Crippen molar-refractivity contribution in [2.24, 2.45) is 0 Å². The van der Waals surface area contributed by atoms with E-state index in [1.165, 1.54) is 18.2 Å². The highest BCUT2D eigenvalue weighted by Gasteiger charge is 2.48. The molecule has 2 heterocycles. The van der Waals surface area contributed by atoms with Crippen LogP contribution < -0.4 is 4.90 Å². The number of hydrogen-bond acceptors (Lipinski definition) is 11. The quantitative estimate of drug-likeness (QED) is 0.101. The Morgan fingerprint density at radius 1 is 0.952 bits per heavy atom. The van der Waals surface area contributed by atoms with E-state index in [0.29, 0.717) is 11.3 Å². The lowest BCUT2D eigenvalue weighted by atomic mass is 9.95. The van der Waals surface area contributed by atoms with E-state index in [-0.39, 0.29) is 42.3 Å². The Balaban J connectivity index is 1.65. The van der Waals surface area contributed by atoms with Crippen LogP contribution >= 0.6 is 11.3 Å². The monoisotopic (exact) mass is 606 g/mol. The van der Waals surface area contributed by atoms with E-state index >= 15 is 0 Å². The van der Waals surface area contributed by atoms with Crippen molar-refractivity contribution in [1.82, 2.24) is 4.98 Å². The van der Waals surface area contributed by atoms with E-state index in [4.69, 9.17) is 0 Å². The average Bonchev–Trinajstić information content (AvgIpc) is 3.56. The molecule has 1 aromatic heterocycles. The number of aromatic nitrogens is 1. The number of carbonyl (C=O) groups is 2. The summed E-state index contributed by atoms with van der Waals surface area (Å²) in [4.78, 5) is 52.6. The zero-order valence-electron chi connectivity index (χ0n) is 21.4. The molecule has 0 radical (unpaired) electrons. The predicted octanol–water partition coefficient (Wildman–Crippen LogP) is 4.73. The number of rotatable bonds is 7. The summed E-state index contributed by atoms with van der Waals surface area (Å²) in [7, 11) is -4.24. The van der Waals surface area contributed by atoms with Gasteiger partial charge in [-0.25, -0.2) is 13.4 Å². The van der Waals surface area contributed by atoms with Crippen molar-refractivity contribution in [2.45, 2.75) is 22.1 Å². The second kappa shape index (κ2) is 10.6. The fraction of sp³-hybridized carbons (Fsp3) is 0.0741. The van der Waals surface area contributed by atoms with Crippen molar-refractivity contribution >= 4 is 55.1 Å². The molecule has 0 aliphatic carbocycles. The SMILES string of the molecule is Cc1ccc(/C(O)=C2\C(=O)C(=O)N(c3ncc(S(=O)(=O)c4ccc([N+](=O)[O-])cc4)s3)C2c2cccc([N+](=O)[O-])c2)cc1. The van der Waals surface area contributed by atoms with Gasteiger partial charge < -0.3 is 5.11 Å². The maximum atomic E-state index is 13.4. The molecule has 1 fully saturated rings. The van der Waals surface area contributed by atoms with Crippen LogP contribution in [0.2, 0.25) is 0 Å². The van der Waals surface area contributed by atoms with Crippen LogP contribution in [0.3, 0.4) is 0 Å². The Kier molecular flexibility index (Phi) is 7.13. The van der Waals surface area contributed by atoms with Gasteiger partial charge in [0, 0.05) is 29.8 Å². The summed E-state index contributed by atoms with van der Waals surface area (Å²) in [5.74, 6) is -2.75. The van der Waals surface area contributed by atoms with Gasteiger partial charge in [0.05, 0.1) is 32.6 Å². The number of anilines is 1. The number of aliphatic hydroxyl groups is 1. The highest BCUT2D eigenvalue weighted by atomic mass is 32.2. The zero-order chi connectivity index (χ0) is 30.3. The van der Waals surface area contributed by atoms with E-state index < -0.39 is 43.2 Å². The van der Waals surface area contributed by atoms with Crippen molar-refractivity contribution in [3.05, 3.63) is 121 Å². The Morgan fingerprint density at radius 3 is 2.21 bits per heavy atom. The molecule has 1 aliphatic heterocycles. The first kappa shape index (κ1) is 28.3. The lowest BCUT2D eigenvalue weighted by molar-refractivity contribution is -0.385. The zero-order valence-corrected chi connectivity index (χ0v) is 23.0. The van der Waals surface area contributed by atoms with Crippen molar-refractivity contribution in [2.75, 3.05) is 4.90 Å². The molecule has 0 bridgehead atoms. The Labute approximate surface area is 241 Å². The minimum absolute atomic E-state index is 0.104. The normalized spacial score (nSPS) is 16.5. The summed E-state index contributed by atoms with van der Waals surface area (Å²) < 4.78 is 26.2. The number of nitro groups is 2. The van der Waals surface area contributed by atoms with Gasteiger partial charge in [-0.05, 0) is 24.6 Å². The summed E-state index contributed by atoms with van der Waals surface area (Å²) in [5.41, 5.74) is 0.175. The molecule has 1 N–H and O–H groups in total. The number of nitrogens with zero attached hydrogens (tertiary/aromatic N) is 4. The number of amides is 1. The number of benzene rings is 3. The third-order valence-corrected chi connectivity index (χ3v) is 9.69. The van der Waals surface area contributed by atoms with Gasteiger partial charge in [-0.15, -0.1) is 0 Å². The van der Waals surface area contributed by atoms with Crippen LogP contribution in [0, 0.1) is 27.2 Å². The summed E-state index contributed by atoms with van der Waals surface area (Å²) in [6, 6.07) is 14.4. The average molecular weight is 607 g/mol. The standard InChI is InChI=1S/C27H18N4O9S2/c1-15-5-7-16(8-6-15)24(32)22-23(17-3-2-4-19(13-17)31(37)38)29(26(34)25(22)33)27-28-14-21(41-27)42(39,40)20-11-9-18(10-12-20)30(35)36/h2-14,23,32H,1H3/b24-22+. The number of hydrogen-bond donors (Lipinski definition) is 1. The molecule has 212 valence electrons. The highest BCUT2D eigenvalue weighted by Crippen LogP contribution is 2.44. The van der Waals surface area contributed by atoms with E-state index in [1.54, 1.807) is 24.3 Å². The lowest BCUT2D eigenvalue weighted by Gasteiger charge is -2.22. The van der Waals surface area contributed by atoms with E-state index in [0.717, 1.165) is 47.0 Å². The van der Waals surface area contributed by atoms with Gasteiger partial charge in [-0.3, -0.25) is 34.7 Å². The smallest absolute Gasteiger partial charge is 0.301 e. The fourth-order valence-corrected chi connectivity index (χ4v) is 6.92. The number of sulfone groups is 1. The van der Waals surface area contributed by atoms with Gasteiger partial charge in [-0.1, -0.05) is 53.3 Å². The molecule has 5 rings (SSSR count). The lowest BCUT2D eigenvalue weighted by Crippen LogP contribution is -2.29. The second-order valence-corrected chi connectivity index (χ2v) is 12.3. The number of ketones is 1. The van der Waals surface area contributed by atoms with Crippen molar-refractivity contribution in [3.63, 3.8) is 0 Å². The molecule has 42 heavy (non-hydrogen) atoms. The molecular weight excluding hydrogens is 588 g/mol. The van der Waals surface area contributed by atoms with E-state index in [1.807, 2.05) is 6.92 Å². The summed E-state index contributed by atoms with van der Waals surface area (Å²) >= 11 is 0.550.